The Morgan fingerprint density at radius 1 is 1.30 bits per heavy atom. The predicted molar refractivity (Wildman–Crippen MR) is 72.7 cm³/mol. The Morgan fingerprint density at radius 2 is 1.90 bits per heavy atom. The summed E-state index contributed by atoms with van der Waals surface area (Å²) in [4.78, 5) is 25.6. The molecular weight excluding hydrogens is 263 g/mol. The minimum Gasteiger partial charge on any atom is -0.480 e. The third kappa shape index (κ3) is 3.69. The lowest BCUT2D eigenvalue weighted by atomic mass is 10.2. The van der Waals surface area contributed by atoms with E-state index >= 15 is 0 Å². The molecule has 6 heteroatoms. The molecule has 0 radical (unpaired) electrons. The van der Waals surface area contributed by atoms with Gasteiger partial charge in [0.2, 0.25) is 0 Å². The molecule has 1 aromatic carbocycles. The molecule has 0 aliphatic carbocycles. The van der Waals surface area contributed by atoms with Gasteiger partial charge in [0.1, 0.15) is 11.9 Å². The van der Waals surface area contributed by atoms with Crippen molar-refractivity contribution in [2.45, 2.75) is 25.9 Å². The number of amides is 2. The molecule has 0 aliphatic heterocycles. The van der Waals surface area contributed by atoms with Gasteiger partial charge in [-0.1, -0.05) is 25.1 Å². The number of urea groups is 1. The smallest absolute Gasteiger partial charge is 0.326 e. The lowest BCUT2D eigenvalue weighted by molar-refractivity contribution is -0.142. The van der Waals surface area contributed by atoms with Crippen LogP contribution in [0.3, 0.4) is 0 Å². The fourth-order valence-electron chi connectivity index (χ4n) is 1.97. The van der Waals surface area contributed by atoms with Gasteiger partial charge in [-0.3, -0.25) is 0 Å². The molecule has 5 nitrogen and oxygen atoms in total. The fraction of sp³-hybridized carbons (Fsp3) is 0.429. The summed E-state index contributed by atoms with van der Waals surface area (Å²) in [5.41, 5.74) is 0.389. The largest absolute Gasteiger partial charge is 0.480 e. The SMILES string of the molecule is CCC(C(=O)O)N(C)C(=O)N(C)Cc1ccccc1F. The van der Waals surface area contributed by atoms with Crippen molar-refractivity contribution in [1.29, 1.82) is 0 Å². The van der Waals surface area contributed by atoms with Gasteiger partial charge < -0.3 is 14.9 Å². The second-order valence-corrected chi connectivity index (χ2v) is 4.60. The van der Waals surface area contributed by atoms with E-state index in [1.54, 1.807) is 25.1 Å². The van der Waals surface area contributed by atoms with E-state index in [9.17, 15) is 14.0 Å². The van der Waals surface area contributed by atoms with Gasteiger partial charge in [-0.2, -0.15) is 0 Å². The maximum Gasteiger partial charge on any atom is 0.326 e. The molecule has 1 unspecified atom stereocenters. The van der Waals surface area contributed by atoms with Gasteiger partial charge in [-0.05, 0) is 12.5 Å². The number of halogens is 1. The summed E-state index contributed by atoms with van der Waals surface area (Å²) in [6.45, 7) is 1.78. The van der Waals surface area contributed by atoms with E-state index < -0.39 is 18.0 Å². The highest BCUT2D eigenvalue weighted by Gasteiger charge is 2.26. The van der Waals surface area contributed by atoms with Crippen molar-refractivity contribution in [3.63, 3.8) is 0 Å². The first-order valence-electron chi connectivity index (χ1n) is 6.32. The number of rotatable bonds is 5. The maximum atomic E-state index is 13.5. The lowest BCUT2D eigenvalue weighted by Crippen LogP contribution is -2.47. The van der Waals surface area contributed by atoms with Crippen molar-refractivity contribution in [1.82, 2.24) is 9.80 Å². The third-order valence-electron chi connectivity index (χ3n) is 3.13. The van der Waals surface area contributed by atoms with Crippen LogP contribution in [0, 0.1) is 5.82 Å². The average Bonchev–Trinajstić information content (AvgIpc) is 2.40. The van der Waals surface area contributed by atoms with Crippen LogP contribution in [-0.4, -0.2) is 47.0 Å². The van der Waals surface area contributed by atoms with Crippen molar-refractivity contribution in [3.05, 3.63) is 35.6 Å². The zero-order chi connectivity index (χ0) is 15.3. The normalized spacial score (nSPS) is 11.8. The molecule has 1 N–H and O–H groups in total. The first-order chi connectivity index (χ1) is 9.38. The highest BCUT2D eigenvalue weighted by Crippen LogP contribution is 2.12. The predicted octanol–water partition coefficient (Wildman–Crippen LogP) is 2.17. The summed E-state index contributed by atoms with van der Waals surface area (Å²) in [6, 6.07) is 4.83. The van der Waals surface area contributed by atoms with E-state index in [-0.39, 0.29) is 12.4 Å². The fourth-order valence-corrected chi connectivity index (χ4v) is 1.97. The number of hydrogen-bond donors (Lipinski definition) is 1. The average molecular weight is 282 g/mol. The van der Waals surface area contributed by atoms with Gasteiger partial charge in [0, 0.05) is 26.2 Å². The monoisotopic (exact) mass is 282 g/mol. The van der Waals surface area contributed by atoms with Gasteiger partial charge in [0.15, 0.2) is 0 Å². The molecule has 2 amide bonds. The molecule has 110 valence electrons. The highest BCUT2D eigenvalue weighted by atomic mass is 19.1. The van der Waals surface area contributed by atoms with Crippen molar-refractivity contribution < 1.29 is 19.1 Å². The zero-order valence-corrected chi connectivity index (χ0v) is 11.8. The topological polar surface area (TPSA) is 60.9 Å². The van der Waals surface area contributed by atoms with E-state index in [0.717, 1.165) is 4.90 Å². The van der Waals surface area contributed by atoms with Crippen LogP contribution in [0.15, 0.2) is 24.3 Å². The van der Waals surface area contributed by atoms with E-state index in [1.807, 2.05) is 0 Å². The van der Waals surface area contributed by atoms with Crippen LogP contribution in [0.1, 0.15) is 18.9 Å². The molecule has 0 spiro atoms. The molecule has 0 fully saturated rings. The van der Waals surface area contributed by atoms with E-state index in [0.29, 0.717) is 12.0 Å². The van der Waals surface area contributed by atoms with Crippen molar-refractivity contribution in [3.8, 4) is 0 Å². The molecule has 0 saturated heterocycles. The van der Waals surface area contributed by atoms with Crippen LogP contribution < -0.4 is 0 Å². The van der Waals surface area contributed by atoms with E-state index in [2.05, 4.69) is 0 Å². The summed E-state index contributed by atoms with van der Waals surface area (Å²) in [7, 11) is 2.95. The summed E-state index contributed by atoms with van der Waals surface area (Å²) in [6.07, 6.45) is 0.311. The number of aliphatic carboxylic acids is 1. The van der Waals surface area contributed by atoms with Crippen LogP contribution >= 0.6 is 0 Å². The molecule has 20 heavy (non-hydrogen) atoms. The van der Waals surface area contributed by atoms with Gasteiger partial charge >= 0.3 is 12.0 Å². The maximum absolute atomic E-state index is 13.5. The third-order valence-corrected chi connectivity index (χ3v) is 3.13. The first kappa shape index (κ1) is 15.9. The minimum atomic E-state index is -1.05. The standard InChI is InChI=1S/C14H19FN2O3/c1-4-12(13(18)19)17(3)14(20)16(2)9-10-7-5-6-8-11(10)15/h5-8,12H,4,9H2,1-3H3,(H,18,19). The number of carbonyl (C=O) groups is 2. The summed E-state index contributed by atoms with van der Waals surface area (Å²) in [5.74, 6) is -1.44. The summed E-state index contributed by atoms with van der Waals surface area (Å²) < 4.78 is 13.5. The summed E-state index contributed by atoms with van der Waals surface area (Å²) in [5, 5.41) is 9.04. The van der Waals surface area contributed by atoms with Crippen LogP contribution in [0.4, 0.5) is 9.18 Å². The molecule has 1 atom stereocenters. The summed E-state index contributed by atoms with van der Waals surface area (Å²) >= 11 is 0. The molecular formula is C14H19FN2O3. The van der Waals surface area contributed by atoms with Gasteiger partial charge in [-0.15, -0.1) is 0 Å². The van der Waals surface area contributed by atoms with Crippen LogP contribution in [-0.2, 0) is 11.3 Å². The van der Waals surface area contributed by atoms with E-state index in [1.165, 1.54) is 25.1 Å². The number of carboxylic acids is 1. The molecule has 0 aromatic heterocycles. The molecule has 0 aliphatic rings. The quantitative estimate of drug-likeness (QED) is 0.900. The van der Waals surface area contributed by atoms with Gasteiger partial charge in [-0.25, -0.2) is 14.0 Å². The molecule has 1 aromatic rings. The van der Waals surface area contributed by atoms with Crippen molar-refractivity contribution >= 4 is 12.0 Å². The number of nitrogens with zero attached hydrogens (tertiary/aromatic N) is 2. The lowest BCUT2D eigenvalue weighted by Gasteiger charge is -2.29. The Bertz CT molecular complexity index is 493. The Labute approximate surface area is 117 Å². The number of likely N-dealkylation sites (N-methyl/N-ethyl adjacent to an activating group) is 1. The Morgan fingerprint density at radius 3 is 2.40 bits per heavy atom. The number of carbonyl (C=O) groups excluding carboxylic acids is 1. The van der Waals surface area contributed by atoms with Crippen molar-refractivity contribution in [2.75, 3.05) is 14.1 Å². The molecule has 0 saturated carbocycles. The van der Waals surface area contributed by atoms with Crippen LogP contribution in [0.2, 0.25) is 0 Å². The Hall–Kier alpha value is -2.11. The highest BCUT2D eigenvalue weighted by molar-refractivity contribution is 5.82. The number of benzene rings is 1. The van der Waals surface area contributed by atoms with Crippen molar-refractivity contribution in [2.24, 2.45) is 0 Å². The second-order valence-electron chi connectivity index (χ2n) is 4.60. The van der Waals surface area contributed by atoms with E-state index in [4.69, 9.17) is 5.11 Å². The van der Waals surface area contributed by atoms with Gasteiger partial charge in [0.05, 0.1) is 0 Å². The molecule has 0 heterocycles. The number of carboxylic acid groups (broad SMARTS) is 1. The second kappa shape index (κ2) is 6.88. The van der Waals surface area contributed by atoms with Crippen LogP contribution in [0.25, 0.3) is 0 Å². The number of hydrogen-bond acceptors (Lipinski definition) is 2. The minimum absolute atomic E-state index is 0.0892. The van der Waals surface area contributed by atoms with Crippen LogP contribution in [0.5, 0.6) is 0 Å². The Kier molecular flexibility index (Phi) is 5.49. The molecule has 1 rings (SSSR count). The first-order valence-corrected chi connectivity index (χ1v) is 6.32. The zero-order valence-electron chi connectivity index (χ0n) is 11.8. The Balaban J connectivity index is 2.77. The molecule has 0 bridgehead atoms. The van der Waals surface area contributed by atoms with Gasteiger partial charge in [0.25, 0.3) is 0 Å².